The molecule has 0 saturated heterocycles. The van der Waals surface area contributed by atoms with Gasteiger partial charge in [-0.15, -0.1) is 10.2 Å². The highest BCUT2D eigenvalue weighted by atomic mass is 19.4. The summed E-state index contributed by atoms with van der Waals surface area (Å²) in [4.78, 5) is 37.4. The summed E-state index contributed by atoms with van der Waals surface area (Å²) in [6.45, 7) is -0.552. The zero-order valence-electron chi connectivity index (χ0n) is 15.1. The lowest BCUT2D eigenvalue weighted by Gasteiger charge is -2.10. The summed E-state index contributed by atoms with van der Waals surface area (Å²) >= 11 is 0. The number of nitrogens with two attached hydrogens (primary N) is 1. The summed E-state index contributed by atoms with van der Waals surface area (Å²) < 4.78 is 40.2. The van der Waals surface area contributed by atoms with Crippen LogP contribution in [0.4, 0.5) is 19.0 Å². The Morgan fingerprint density at radius 1 is 1.17 bits per heavy atom. The molecule has 0 unspecified atom stereocenters. The number of alkyl halides is 3. The van der Waals surface area contributed by atoms with E-state index in [0.717, 1.165) is 26.1 Å². The summed E-state index contributed by atoms with van der Waals surface area (Å²) in [5.74, 6) is -1.24. The monoisotopic (exact) mass is 409 g/mol. The first-order valence-corrected chi connectivity index (χ1v) is 8.05. The number of nitrogen functional groups attached to an aromatic ring is 1. The van der Waals surface area contributed by atoms with Crippen molar-refractivity contribution in [2.75, 3.05) is 5.73 Å². The minimum Gasteiger partial charge on any atom is -0.384 e. The van der Waals surface area contributed by atoms with Gasteiger partial charge in [0.2, 0.25) is 5.82 Å². The number of nitrogens with zero attached hydrogens (tertiary/aromatic N) is 6. The number of aromatic nitrogens is 6. The molecule has 0 aliphatic carbocycles. The zero-order valence-corrected chi connectivity index (χ0v) is 15.1. The van der Waals surface area contributed by atoms with E-state index in [-0.39, 0.29) is 17.2 Å². The molecule has 2 N–H and O–H groups in total. The SMILES string of the molecule is Cn1c(N)c(C(=O)Cn2nnc(-c3cccc(C(F)(F)F)c3)n2)c(=O)n(C)c1=O. The van der Waals surface area contributed by atoms with Gasteiger partial charge >= 0.3 is 11.9 Å². The van der Waals surface area contributed by atoms with Crippen LogP contribution in [0.15, 0.2) is 33.9 Å². The van der Waals surface area contributed by atoms with E-state index in [1.54, 1.807) is 0 Å². The zero-order chi connectivity index (χ0) is 21.5. The lowest BCUT2D eigenvalue weighted by molar-refractivity contribution is -0.137. The summed E-state index contributed by atoms with van der Waals surface area (Å²) in [5, 5.41) is 11.1. The van der Waals surface area contributed by atoms with Gasteiger partial charge in [-0.05, 0) is 17.3 Å². The highest BCUT2D eigenvalue weighted by Crippen LogP contribution is 2.31. The van der Waals surface area contributed by atoms with Gasteiger partial charge in [0.05, 0.1) is 5.56 Å². The molecule has 0 atom stereocenters. The van der Waals surface area contributed by atoms with E-state index in [4.69, 9.17) is 5.73 Å². The number of hydrogen-bond acceptors (Lipinski definition) is 7. The van der Waals surface area contributed by atoms with E-state index >= 15 is 0 Å². The number of carbonyl (C=O) groups excluding carboxylic acids is 1. The molecule has 10 nitrogen and oxygen atoms in total. The summed E-state index contributed by atoms with van der Waals surface area (Å²) in [5.41, 5.74) is 2.88. The number of Topliss-reactive ketones (excluding diaryl/α,β-unsaturated/α-hetero) is 1. The second kappa shape index (κ2) is 7.00. The molecular weight excluding hydrogens is 395 g/mol. The minimum atomic E-state index is -4.54. The summed E-state index contributed by atoms with van der Waals surface area (Å²) in [6.07, 6.45) is -4.54. The Morgan fingerprint density at radius 2 is 1.86 bits per heavy atom. The molecule has 2 aromatic heterocycles. The lowest BCUT2D eigenvalue weighted by atomic mass is 10.1. The number of ketones is 1. The van der Waals surface area contributed by atoms with Crippen LogP contribution < -0.4 is 17.0 Å². The van der Waals surface area contributed by atoms with Crippen LogP contribution in [0.1, 0.15) is 15.9 Å². The average Bonchev–Trinajstić information content (AvgIpc) is 3.13. The first-order valence-electron chi connectivity index (χ1n) is 8.05. The van der Waals surface area contributed by atoms with Crippen molar-refractivity contribution < 1.29 is 18.0 Å². The molecular formula is C16H14F3N7O3. The van der Waals surface area contributed by atoms with E-state index in [1.807, 2.05) is 0 Å². The normalized spacial score (nSPS) is 11.6. The van der Waals surface area contributed by atoms with Crippen molar-refractivity contribution in [3.63, 3.8) is 0 Å². The van der Waals surface area contributed by atoms with Crippen molar-refractivity contribution in [2.45, 2.75) is 12.7 Å². The van der Waals surface area contributed by atoms with E-state index in [9.17, 15) is 27.6 Å². The van der Waals surface area contributed by atoms with Gasteiger partial charge < -0.3 is 5.73 Å². The quantitative estimate of drug-likeness (QED) is 0.610. The fraction of sp³-hybridized carbons (Fsp3) is 0.250. The van der Waals surface area contributed by atoms with Gasteiger partial charge in [-0.1, -0.05) is 12.1 Å². The Morgan fingerprint density at radius 3 is 2.52 bits per heavy atom. The molecule has 0 saturated carbocycles. The highest BCUT2D eigenvalue weighted by Gasteiger charge is 2.30. The lowest BCUT2D eigenvalue weighted by Crippen LogP contribution is -2.42. The summed E-state index contributed by atoms with van der Waals surface area (Å²) in [6, 6.07) is 4.30. The van der Waals surface area contributed by atoms with Gasteiger partial charge in [0.1, 0.15) is 17.9 Å². The third kappa shape index (κ3) is 3.66. The third-order valence-electron chi connectivity index (χ3n) is 4.17. The van der Waals surface area contributed by atoms with Crippen LogP contribution in [-0.4, -0.2) is 35.1 Å². The van der Waals surface area contributed by atoms with Crippen LogP contribution in [0.3, 0.4) is 0 Å². The van der Waals surface area contributed by atoms with Crippen LogP contribution in [0.5, 0.6) is 0 Å². The van der Waals surface area contributed by atoms with Crippen LogP contribution in [0, 0.1) is 0 Å². The Kier molecular flexibility index (Phi) is 4.82. The molecule has 3 aromatic rings. The predicted molar refractivity (Wildman–Crippen MR) is 93.9 cm³/mol. The number of rotatable bonds is 4. The molecule has 0 aliphatic rings. The van der Waals surface area contributed by atoms with Crippen molar-refractivity contribution in [3.05, 3.63) is 56.2 Å². The Labute approximate surface area is 160 Å². The van der Waals surface area contributed by atoms with E-state index in [1.165, 1.54) is 26.2 Å². The van der Waals surface area contributed by atoms with Crippen LogP contribution in [0.25, 0.3) is 11.4 Å². The fourth-order valence-corrected chi connectivity index (χ4v) is 2.59. The molecule has 0 radical (unpaired) electrons. The van der Waals surface area contributed by atoms with Crippen molar-refractivity contribution in [1.82, 2.24) is 29.3 Å². The molecule has 29 heavy (non-hydrogen) atoms. The van der Waals surface area contributed by atoms with E-state index in [0.29, 0.717) is 0 Å². The number of benzene rings is 1. The first-order chi connectivity index (χ1) is 13.5. The van der Waals surface area contributed by atoms with Crippen LogP contribution in [-0.2, 0) is 26.8 Å². The van der Waals surface area contributed by atoms with Gasteiger partial charge in [0.25, 0.3) is 5.56 Å². The topological polar surface area (TPSA) is 131 Å². The number of tetrazole rings is 1. The molecule has 0 spiro atoms. The summed E-state index contributed by atoms with van der Waals surface area (Å²) in [7, 11) is 2.49. The molecule has 2 heterocycles. The van der Waals surface area contributed by atoms with E-state index < -0.39 is 40.9 Å². The smallest absolute Gasteiger partial charge is 0.384 e. The van der Waals surface area contributed by atoms with Gasteiger partial charge in [-0.25, -0.2) is 4.79 Å². The Bertz CT molecular complexity index is 1220. The molecule has 1 aromatic carbocycles. The standard InChI is InChI=1S/C16H14F3N7O3/c1-24-12(20)11(14(28)25(2)15(24)29)10(27)7-26-22-13(21-23-26)8-4-3-5-9(6-8)16(17,18)19/h3-6H,7,20H2,1-2H3. The molecule has 0 amide bonds. The maximum absolute atomic E-state index is 12.8. The number of carbonyl (C=O) groups is 1. The van der Waals surface area contributed by atoms with Gasteiger partial charge in [-0.2, -0.15) is 18.0 Å². The van der Waals surface area contributed by atoms with Gasteiger partial charge in [-0.3, -0.25) is 18.7 Å². The van der Waals surface area contributed by atoms with E-state index in [2.05, 4.69) is 15.4 Å². The minimum absolute atomic E-state index is 0.0519. The molecule has 3 rings (SSSR count). The van der Waals surface area contributed by atoms with Crippen molar-refractivity contribution in [2.24, 2.45) is 14.1 Å². The predicted octanol–water partition coefficient (Wildman–Crippen LogP) is 0.221. The number of anilines is 1. The van der Waals surface area contributed by atoms with Crippen LogP contribution >= 0.6 is 0 Å². The molecule has 0 fully saturated rings. The first kappa shape index (κ1) is 20.0. The van der Waals surface area contributed by atoms with Gasteiger partial charge in [0, 0.05) is 19.7 Å². The maximum atomic E-state index is 12.8. The largest absolute Gasteiger partial charge is 0.416 e. The van der Waals surface area contributed by atoms with Gasteiger partial charge in [0.15, 0.2) is 5.78 Å². The Balaban J connectivity index is 1.92. The van der Waals surface area contributed by atoms with Crippen molar-refractivity contribution in [1.29, 1.82) is 0 Å². The van der Waals surface area contributed by atoms with Crippen molar-refractivity contribution in [3.8, 4) is 11.4 Å². The second-order valence-corrected chi connectivity index (χ2v) is 6.11. The molecule has 0 bridgehead atoms. The highest BCUT2D eigenvalue weighted by molar-refractivity contribution is 5.99. The van der Waals surface area contributed by atoms with Crippen LogP contribution in [0.2, 0.25) is 0 Å². The fourth-order valence-electron chi connectivity index (χ4n) is 2.59. The molecule has 152 valence electrons. The maximum Gasteiger partial charge on any atom is 0.416 e. The second-order valence-electron chi connectivity index (χ2n) is 6.11. The Hall–Kier alpha value is -3.77. The molecule has 0 aliphatic heterocycles. The average molecular weight is 409 g/mol. The number of halogens is 3. The molecule has 13 heteroatoms. The third-order valence-corrected chi connectivity index (χ3v) is 4.17. The van der Waals surface area contributed by atoms with Crippen molar-refractivity contribution >= 4 is 11.6 Å². The number of hydrogen-bond donors (Lipinski definition) is 1.